The van der Waals surface area contributed by atoms with Crippen LogP contribution in [-0.2, 0) is 19.1 Å². The summed E-state index contributed by atoms with van der Waals surface area (Å²) < 4.78 is 10.1. The minimum atomic E-state index is -0.880. The highest BCUT2D eigenvalue weighted by atomic mass is 16.6. The first-order chi connectivity index (χ1) is 7.10. The van der Waals surface area contributed by atoms with Gasteiger partial charge in [-0.1, -0.05) is 12.2 Å². The van der Waals surface area contributed by atoms with Crippen molar-refractivity contribution >= 4 is 11.9 Å². The van der Waals surface area contributed by atoms with E-state index in [9.17, 15) is 14.7 Å². The first-order valence-electron chi connectivity index (χ1n) is 4.83. The highest BCUT2D eigenvalue weighted by Gasteiger charge is 2.65. The van der Waals surface area contributed by atoms with Gasteiger partial charge in [0.15, 0.2) is 0 Å². The summed E-state index contributed by atoms with van der Waals surface area (Å²) in [6.45, 7) is -0.177. The lowest BCUT2D eigenvalue weighted by Crippen LogP contribution is -2.37. The summed E-state index contributed by atoms with van der Waals surface area (Å²) in [5.41, 5.74) is -1.66. The van der Waals surface area contributed by atoms with Crippen molar-refractivity contribution in [2.75, 3.05) is 6.61 Å². The molecule has 1 spiro atoms. The molecule has 0 radical (unpaired) electrons. The number of hydrogen-bond donors (Lipinski definition) is 1. The predicted molar refractivity (Wildman–Crippen MR) is 46.6 cm³/mol. The molecule has 0 aromatic heterocycles. The maximum absolute atomic E-state index is 11.6. The molecule has 0 aromatic rings. The van der Waals surface area contributed by atoms with E-state index >= 15 is 0 Å². The molecule has 5 nitrogen and oxygen atoms in total. The van der Waals surface area contributed by atoms with Gasteiger partial charge >= 0.3 is 11.9 Å². The molecule has 3 aliphatic rings. The summed E-state index contributed by atoms with van der Waals surface area (Å²) in [4.78, 5) is 22.7. The fourth-order valence-corrected chi connectivity index (χ4v) is 2.69. The molecule has 0 aliphatic carbocycles. The highest BCUT2D eigenvalue weighted by Crippen LogP contribution is 2.54. The Balaban J connectivity index is 2.01. The van der Waals surface area contributed by atoms with Gasteiger partial charge in [0.25, 0.3) is 0 Å². The number of carbonyl (C=O) groups excluding carboxylic acids is 2. The van der Waals surface area contributed by atoms with Crippen molar-refractivity contribution in [2.24, 2.45) is 5.41 Å². The van der Waals surface area contributed by atoms with Gasteiger partial charge in [-0.3, -0.25) is 9.59 Å². The summed E-state index contributed by atoms with van der Waals surface area (Å²) >= 11 is 0. The van der Waals surface area contributed by atoms with E-state index in [-0.39, 0.29) is 13.0 Å². The third-order valence-corrected chi connectivity index (χ3v) is 3.44. The lowest BCUT2D eigenvalue weighted by atomic mass is 9.72. The van der Waals surface area contributed by atoms with Gasteiger partial charge in [-0.2, -0.15) is 0 Å². The zero-order chi connectivity index (χ0) is 10.7. The lowest BCUT2D eigenvalue weighted by molar-refractivity contribution is -0.155. The SMILES string of the molecule is O=C1C[C@]2(C[C@@]3(CO)C=C[C@@H]2O3)C(=O)O1. The van der Waals surface area contributed by atoms with Crippen molar-refractivity contribution in [2.45, 2.75) is 24.5 Å². The number of carbonyl (C=O) groups is 2. The molecule has 3 atom stereocenters. The molecule has 0 aromatic carbocycles. The van der Waals surface area contributed by atoms with E-state index in [0.717, 1.165) is 0 Å². The average Bonchev–Trinajstić information content (AvgIpc) is 2.81. The molecule has 2 bridgehead atoms. The van der Waals surface area contributed by atoms with Crippen molar-refractivity contribution in [1.82, 2.24) is 0 Å². The van der Waals surface area contributed by atoms with Crippen molar-refractivity contribution in [3.8, 4) is 0 Å². The molecule has 15 heavy (non-hydrogen) atoms. The molecule has 5 heteroatoms. The number of aliphatic hydroxyl groups excluding tert-OH is 1. The van der Waals surface area contributed by atoms with Crippen molar-refractivity contribution in [3.63, 3.8) is 0 Å². The van der Waals surface area contributed by atoms with Gasteiger partial charge in [-0.25, -0.2) is 0 Å². The number of hydrogen-bond acceptors (Lipinski definition) is 5. The zero-order valence-corrected chi connectivity index (χ0v) is 7.93. The summed E-state index contributed by atoms with van der Waals surface area (Å²) in [6.07, 6.45) is 3.47. The monoisotopic (exact) mass is 210 g/mol. The Bertz CT molecular complexity index is 387. The fraction of sp³-hybridized carbons (Fsp3) is 0.600. The molecular weight excluding hydrogens is 200 g/mol. The second kappa shape index (κ2) is 2.48. The molecular formula is C10H10O5. The van der Waals surface area contributed by atoms with Crippen LogP contribution in [0.1, 0.15) is 12.8 Å². The topological polar surface area (TPSA) is 72.8 Å². The number of esters is 2. The van der Waals surface area contributed by atoms with Gasteiger partial charge in [0.05, 0.1) is 19.1 Å². The standard InChI is InChI=1S/C10H10O5/c11-5-9-2-1-6(15-9)10(4-9)3-7(12)14-8(10)13/h1-2,6,11H,3-5H2/t6-,9+,10+/m0/s1. The molecule has 3 aliphatic heterocycles. The lowest BCUT2D eigenvalue weighted by Gasteiger charge is -2.24. The summed E-state index contributed by atoms with van der Waals surface area (Å²) in [6, 6.07) is 0. The van der Waals surface area contributed by atoms with Crippen LogP contribution in [0, 0.1) is 5.41 Å². The Kier molecular flexibility index (Phi) is 1.50. The van der Waals surface area contributed by atoms with E-state index in [4.69, 9.17) is 4.74 Å². The Morgan fingerprint density at radius 3 is 2.87 bits per heavy atom. The number of ether oxygens (including phenoxy) is 2. The van der Waals surface area contributed by atoms with Crippen LogP contribution in [0.15, 0.2) is 12.2 Å². The molecule has 3 rings (SSSR count). The third kappa shape index (κ3) is 0.943. The van der Waals surface area contributed by atoms with E-state index in [1.807, 2.05) is 0 Å². The van der Waals surface area contributed by atoms with Crippen LogP contribution in [0.5, 0.6) is 0 Å². The van der Waals surface area contributed by atoms with Gasteiger partial charge in [0, 0.05) is 6.42 Å². The van der Waals surface area contributed by atoms with Crippen LogP contribution in [0.3, 0.4) is 0 Å². The Hall–Kier alpha value is -1.20. The minimum absolute atomic E-state index is 0.0581. The molecule has 3 heterocycles. The predicted octanol–water partition coefficient (Wildman–Crippen LogP) is -0.464. The highest BCUT2D eigenvalue weighted by molar-refractivity contribution is 5.98. The quantitative estimate of drug-likeness (QED) is 0.360. The molecule has 0 unspecified atom stereocenters. The Labute approximate surface area is 85.7 Å². The van der Waals surface area contributed by atoms with Crippen molar-refractivity contribution in [3.05, 3.63) is 12.2 Å². The minimum Gasteiger partial charge on any atom is -0.393 e. The molecule has 1 N–H and O–H groups in total. The normalized spacial score (nSPS) is 46.9. The van der Waals surface area contributed by atoms with E-state index in [1.54, 1.807) is 12.2 Å². The number of aliphatic hydroxyl groups is 1. The first-order valence-corrected chi connectivity index (χ1v) is 4.83. The van der Waals surface area contributed by atoms with E-state index in [2.05, 4.69) is 4.74 Å². The second-order valence-corrected chi connectivity index (χ2v) is 4.39. The van der Waals surface area contributed by atoms with Gasteiger partial charge in [0.2, 0.25) is 0 Å². The molecule has 80 valence electrons. The summed E-state index contributed by atoms with van der Waals surface area (Å²) in [5.74, 6) is -1.02. The Morgan fingerprint density at radius 1 is 1.53 bits per heavy atom. The third-order valence-electron chi connectivity index (χ3n) is 3.44. The maximum Gasteiger partial charge on any atom is 0.323 e. The van der Waals surface area contributed by atoms with Gasteiger partial charge < -0.3 is 14.6 Å². The molecule has 0 amide bonds. The number of rotatable bonds is 1. The smallest absolute Gasteiger partial charge is 0.323 e. The average molecular weight is 210 g/mol. The maximum atomic E-state index is 11.6. The van der Waals surface area contributed by atoms with Crippen LogP contribution < -0.4 is 0 Å². The second-order valence-electron chi connectivity index (χ2n) is 4.39. The van der Waals surface area contributed by atoms with Crippen molar-refractivity contribution < 1.29 is 24.2 Å². The van der Waals surface area contributed by atoms with Crippen LogP contribution in [0.25, 0.3) is 0 Å². The van der Waals surface area contributed by atoms with E-state index < -0.39 is 29.1 Å². The van der Waals surface area contributed by atoms with Gasteiger partial charge in [-0.05, 0) is 0 Å². The van der Waals surface area contributed by atoms with E-state index in [1.165, 1.54) is 0 Å². The first kappa shape index (κ1) is 9.06. The van der Waals surface area contributed by atoms with Gasteiger partial charge in [-0.15, -0.1) is 0 Å². The Morgan fingerprint density at radius 2 is 2.33 bits per heavy atom. The van der Waals surface area contributed by atoms with Crippen LogP contribution in [0.4, 0.5) is 0 Å². The van der Waals surface area contributed by atoms with Crippen molar-refractivity contribution in [1.29, 1.82) is 0 Å². The molecule has 2 fully saturated rings. The molecule has 2 saturated heterocycles. The van der Waals surface area contributed by atoms with E-state index in [0.29, 0.717) is 6.42 Å². The van der Waals surface area contributed by atoms with Crippen LogP contribution in [-0.4, -0.2) is 35.4 Å². The van der Waals surface area contributed by atoms with Gasteiger partial charge in [0.1, 0.15) is 11.0 Å². The van der Waals surface area contributed by atoms with Crippen LogP contribution in [0.2, 0.25) is 0 Å². The largest absolute Gasteiger partial charge is 0.393 e. The fourth-order valence-electron chi connectivity index (χ4n) is 2.69. The van der Waals surface area contributed by atoms with Crippen LogP contribution >= 0.6 is 0 Å². The zero-order valence-electron chi connectivity index (χ0n) is 7.93. The number of fused-ring (bicyclic) bond motifs is 3. The number of cyclic esters (lactones) is 2. The summed E-state index contributed by atoms with van der Waals surface area (Å²) in [7, 11) is 0. The molecule has 0 saturated carbocycles. The summed E-state index contributed by atoms with van der Waals surface area (Å²) in [5, 5.41) is 9.23.